The average Bonchev–Trinajstić information content (AvgIpc) is 3.21. The molecular weight excluding hydrogens is 240 g/mol. The van der Waals surface area contributed by atoms with Crippen LogP contribution in [0.3, 0.4) is 0 Å². The van der Waals surface area contributed by atoms with Crippen molar-refractivity contribution in [2.75, 3.05) is 0 Å². The molecule has 0 saturated heterocycles. The summed E-state index contributed by atoms with van der Waals surface area (Å²) in [7, 11) is 0. The van der Waals surface area contributed by atoms with Crippen LogP contribution in [0.1, 0.15) is 25.7 Å². The molecule has 0 nitrogen and oxygen atoms in total. The lowest BCUT2D eigenvalue weighted by molar-refractivity contribution is 1.29. The van der Waals surface area contributed by atoms with Crippen molar-refractivity contribution in [3.8, 4) is 0 Å². The van der Waals surface area contributed by atoms with Gasteiger partial charge in [-0.1, -0.05) is 48.6 Å². The Balaban J connectivity index is 1.82. The number of fused-ring (bicyclic) bond motifs is 8. The Hall–Kier alpha value is -2.08. The standard InChI is InChI=1S/C20H16/c1-5-13-14(6-1)16-8-3-10-18(16)20-12-4-11-19(20)17-9-2-7-15(13)17/h5-12H,1-4H2. The van der Waals surface area contributed by atoms with E-state index in [9.17, 15) is 0 Å². The van der Waals surface area contributed by atoms with Gasteiger partial charge in [0.15, 0.2) is 0 Å². The third kappa shape index (κ3) is 1.22. The summed E-state index contributed by atoms with van der Waals surface area (Å²) in [5.41, 5.74) is 11.8. The van der Waals surface area contributed by atoms with Gasteiger partial charge in [-0.2, -0.15) is 0 Å². The molecule has 0 N–H and O–H groups in total. The van der Waals surface area contributed by atoms with E-state index in [1.165, 1.54) is 44.6 Å². The van der Waals surface area contributed by atoms with E-state index in [0.29, 0.717) is 0 Å². The van der Waals surface area contributed by atoms with Crippen LogP contribution in [-0.4, -0.2) is 0 Å². The second-order valence-corrected chi connectivity index (χ2v) is 5.89. The van der Waals surface area contributed by atoms with E-state index in [4.69, 9.17) is 0 Å². The zero-order valence-corrected chi connectivity index (χ0v) is 11.4. The number of allylic oxidation sites excluding steroid dienone is 16. The lowest BCUT2D eigenvalue weighted by atomic mass is 9.79. The Morgan fingerprint density at radius 3 is 0.600 bits per heavy atom. The maximum Gasteiger partial charge on any atom is -0.0142 e. The van der Waals surface area contributed by atoms with Gasteiger partial charge in [0.1, 0.15) is 0 Å². The monoisotopic (exact) mass is 256 g/mol. The van der Waals surface area contributed by atoms with E-state index in [1.54, 1.807) is 0 Å². The Morgan fingerprint density at radius 2 is 0.450 bits per heavy atom. The van der Waals surface area contributed by atoms with Gasteiger partial charge in [0.2, 0.25) is 0 Å². The van der Waals surface area contributed by atoms with E-state index in [-0.39, 0.29) is 0 Å². The summed E-state index contributed by atoms with van der Waals surface area (Å²) in [6.07, 6.45) is 23.6. The maximum atomic E-state index is 2.40. The predicted octanol–water partition coefficient (Wildman–Crippen LogP) is 5.03. The number of hydrogen-bond acceptors (Lipinski definition) is 0. The molecule has 5 aliphatic rings. The summed E-state index contributed by atoms with van der Waals surface area (Å²) >= 11 is 0. The molecule has 0 heteroatoms. The van der Waals surface area contributed by atoms with Gasteiger partial charge in [0.05, 0.1) is 0 Å². The van der Waals surface area contributed by atoms with Gasteiger partial charge in [0.25, 0.3) is 0 Å². The zero-order valence-electron chi connectivity index (χ0n) is 11.4. The van der Waals surface area contributed by atoms with Crippen LogP contribution in [0.2, 0.25) is 0 Å². The fourth-order valence-electron chi connectivity index (χ4n) is 4.10. The van der Waals surface area contributed by atoms with Crippen molar-refractivity contribution in [3.05, 3.63) is 93.2 Å². The summed E-state index contributed by atoms with van der Waals surface area (Å²) in [5, 5.41) is 0. The van der Waals surface area contributed by atoms with Crippen molar-refractivity contribution < 1.29 is 0 Å². The minimum atomic E-state index is 1.08. The smallest absolute Gasteiger partial charge is 0.0142 e. The van der Waals surface area contributed by atoms with Gasteiger partial charge in [-0.3, -0.25) is 0 Å². The van der Waals surface area contributed by atoms with Crippen LogP contribution in [0.25, 0.3) is 0 Å². The third-order valence-electron chi connectivity index (χ3n) is 4.90. The molecule has 0 aromatic carbocycles. The van der Waals surface area contributed by atoms with E-state index < -0.39 is 0 Å². The van der Waals surface area contributed by atoms with Gasteiger partial charge in [-0.25, -0.2) is 0 Å². The highest BCUT2D eigenvalue weighted by Gasteiger charge is 2.33. The minimum Gasteiger partial charge on any atom is -0.0722 e. The second-order valence-electron chi connectivity index (χ2n) is 5.89. The Morgan fingerprint density at radius 1 is 0.300 bits per heavy atom. The summed E-state index contributed by atoms with van der Waals surface area (Å²) < 4.78 is 0. The molecule has 0 radical (unpaired) electrons. The molecule has 0 heterocycles. The largest absolute Gasteiger partial charge is 0.0722 e. The molecule has 0 atom stereocenters. The first-order valence-electron chi connectivity index (χ1n) is 7.58. The van der Waals surface area contributed by atoms with Crippen LogP contribution in [0.15, 0.2) is 93.2 Å². The topological polar surface area (TPSA) is 0 Å². The second kappa shape index (κ2) is 3.73. The van der Waals surface area contributed by atoms with Gasteiger partial charge < -0.3 is 0 Å². The molecule has 5 aliphatic carbocycles. The van der Waals surface area contributed by atoms with Crippen molar-refractivity contribution in [2.24, 2.45) is 0 Å². The fraction of sp³-hybridized carbons (Fsp3) is 0.200. The first-order chi connectivity index (χ1) is 9.93. The van der Waals surface area contributed by atoms with Gasteiger partial charge >= 0.3 is 0 Å². The van der Waals surface area contributed by atoms with E-state index in [0.717, 1.165) is 25.7 Å². The predicted molar refractivity (Wildman–Crippen MR) is 83.1 cm³/mol. The summed E-state index contributed by atoms with van der Waals surface area (Å²) in [6, 6.07) is 0. The van der Waals surface area contributed by atoms with Crippen LogP contribution in [0.4, 0.5) is 0 Å². The van der Waals surface area contributed by atoms with Crippen molar-refractivity contribution in [1.29, 1.82) is 0 Å². The first-order valence-corrected chi connectivity index (χ1v) is 7.58. The normalized spacial score (nSPS) is 25.6. The highest BCUT2D eigenvalue weighted by molar-refractivity contribution is 5.82. The molecule has 0 bridgehead atoms. The molecule has 5 rings (SSSR count). The van der Waals surface area contributed by atoms with Crippen molar-refractivity contribution >= 4 is 0 Å². The minimum absolute atomic E-state index is 1.08. The molecule has 0 aliphatic heterocycles. The van der Waals surface area contributed by atoms with E-state index >= 15 is 0 Å². The van der Waals surface area contributed by atoms with Gasteiger partial charge in [-0.15, -0.1) is 0 Å². The molecule has 1 saturated carbocycles. The van der Waals surface area contributed by atoms with Gasteiger partial charge in [0, 0.05) is 0 Å². The van der Waals surface area contributed by atoms with Gasteiger partial charge in [-0.05, 0) is 70.3 Å². The quantitative estimate of drug-likeness (QED) is 0.533. The van der Waals surface area contributed by atoms with Crippen molar-refractivity contribution in [2.45, 2.75) is 25.7 Å². The van der Waals surface area contributed by atoms with Crippen LogP contribution in [-0.2, 0) is 0 Å². The van der Waals surface area contributed by atoms with Crippen LogP contribution >= 0.6 is 0 Å². The molecule has 0 aromatic heterocycles. The molecule has 0 aromatic rings. The summed E-state index contributed by atoms with van der Waals surface area (Å²) in [6.45, 7) is 0. The zero-order chi connectivity index (χ0) is 13.1. The maximum absolute atomic E-state index is 2.40. The van der Waals surface area contributed by atoms with Crippen LogP contribution < -0.4 is 0 Å². The Labute approximate surface area is 119 Å². The van der Waals surface area contributed by atoms with Crippen LogP contribution in [0, 0.1) is 0 Å². The molecule has 0 amide bonds. The Bertz CT molecular complexity index is 548. The third-order valence-corrected chi connectivity index (χ3v) is 4.90. The highest BCUT2D eigenvalue weighted by Crippen LogP contribution is 2.51. The van der Waals surface area contributed by atoms with Crippen molar-refractivity contribution in [3.63, 3.8) is 0 Å². The molecule has 1 fully saturated rings. The molecule has 0 unspecified atom stereocenters. The molecule has 20 heavy (non-hydrogen) atoms. The highest BCUT2D eigenvalue weighted by atomic mass is 14.4. The molecular formula is C20H16. The lowest BCUT2D eigenvalue weighted by Crippen LogP contribution is -2.07. The molecule has 0 spiro atoms. The average molecular weight is 256 g/mol. The summed E-state index contributed by atoms with van der Waals surface area (Å²) in [4.78, 5) is 0. The van der Waals surface area contributed by atoms with Crippen molar-refractivity contribution in [1.82, 2.24) is 0 Å². The van der Waals surface area contributed by atoms with E-state index in [2.05, 4.69) is 48.6 Å². The first kappa shape index (κ1) is 10.7. The van der Waals surface area contributed by atoms with Crippen LogP contribution in [0.5, 0.6) is 0 Å². The summed E-state index contributed by atoms with van der Waals surface area (Å²) in [5.74, 6) is 0. The number of rotatable bonds is 0. The SMILES string of the molecule is C1=C2C(=CC1)C1=CCC=C1C1=CCC=C1C1=CCC=C21. The van der Waals surface area contributed by atoms with E-state index in [1.807, 2.05) is 0 Å². The Kier molecular flexibility index (Phi) is 1.99. The fourth-order valence-corrected chi connectivity index (χ4v) is 4.10. The number of hydrogen-bond donors (Lipinski definition) is 0. The molecule has 96 valence electrons. The lowest BCUT2D eigenvalue weighted by Gasteiger charge is -2.24.